The highest BCUT2D eigenvalue weighted by molar-refractivity contribution is 8.01. The summed E-state index contributed by atoms with van der Waals surface area (Å²) in [6, 6.07) is 4.22. The molecule has 176 valence electrons. The fourth-order valence-corrected chi connectivity index (χ4v) is 4.16. The number of methoxy groups -OCH3 is 1. The zero-order valence-electron chi connectivity index (χ0n) is 18.9. The third kappa shape index (κ3) is 8.04. The van der Waals surface area contributed by atoms with E-state index in [1.807, 2.05) is 38.2 Å². The molecule has 0 spiro atoms. The molecule has 0 saturated heterocycles. The second-order valence-electron chi connectivity index (χ2n) is 7.04. The Kier molecular flexibility index (Phi) is 10.0. The average molecular weight is 489 g/mol. The van der Waals surface area contributed by atoms with Gasteiger partial charge in [0.25, 0.3) is 0 Å². The van der Waals surface area contributed by atoms with Crippen LogP contribution < -0.4 is 14.8 Å². The normalized spacial score (nSPS) is 13.5. The highest BCUT2D eigenvalue weighted by Gasteiger charge is 2.22. The number of pyridine rings is 1. The lowest BCUT2D eigenvalue weighted by Crippen LogP contribution is -2.22. The zero-order valence-corrected chi connectivity index (χ0v) is 20.5. The number of nitrogens with zero attached hydrogens (tertiary/aromatic N) is 4. The molecule has 3 heterocycles. The van der Waals surface area contributed by atoms with Crippen LogP contribution in [0.15, 0.2) is 36.9 Å². The summed E-state index contributed by atoms with van der Waals surface area (Å²) in [6.07, 6.45) is 9.99. The van der Waals surface area contributed by atoms with Crippen molar-refractivity contribution in [2.75, 3.05) is 32.1 Å². The molecular formula is C22H28N6O3S2. The Bertz CT molecular complexity index is 1020. The van der Waals surface area contributed by atoms with Crippen molar-refractivity contribution < 1.29 is 14.3 Å². The first kappa shape index (κ1) is 25.0. The molecular weight excluding hydrogens is 460 g/mol. The second-order valence-corrected chi connectivity index (χ2v) is 9.21. The summed E-state index contributed by atoms with van der Waals surface area (Å²) < 4.78 is 13.8. The third-order valence-electron chi connectivity index (χ3n) is 4.47. The van der Waals surface area contributed by atoms with Crippen LogP contribution in [0.1, 0.15) is 41.3 Å². The van der Waals surface area contributed by atoms with Gasteiger partial charge in [-0.2, -0.15) is 0 Å². The van der Waals surface area contributed by atoms with Crippen LogP contribution in [0.2, 0.25) is 0 Å². The van der Waals surface area contributed by atoms with Gasteiger partial charge < -0.3 is 19.5 Å². The number of thiazole rings is 1. The topological polar surface area (TPSA) is 111 Å². The largest absolute Gasteiger partial charge is 0.477 e. The van der Waals surface area contributed by atoms with Crippen LogP contribution in [0.5, 0.6) is 5.88 Å². The van der Waals surface area contributed by atoms with Crippen molar-refractivity contribution in [3.05, 3.63) is 47.6 Å². The Hall–Kier alpha value is -2.60. The predicted molar refractivity (Wildman–Crippen MR) is 132 cm³/mol. The van der Waals surface area contributed by atoms with Crippen molar-refractivity contribution in [2.24, 2.45) is 0 Å². The summed E-state index contributed by atoms with van der Waals surface area (Å²) in [5.74, 6) is 0.473. The van der Waals surface area contributed by atoms with Crippen LogP contribution in [0.3, 0.4) is 0 Å². The summed E-state index contributed by atoms with van der Waals surface area (Å²) >= 11 is 3.08. The summed E-state index contributed by atoms with van der Waals surface area (Å²) in [7, 11) is 3.62. The maximum atomic E-state index is 10.5. The minimum absolute atomic E-state index is 0.146. The first-order valence-electron chi connectivity index (χ1n) is 10.6. The van der Waals surface area contributed by atoms with Gasteiger partial charge in [0.05, 0.1) is 42.2 Å². The lowest BCUT2D eigenvalue weighted by Gasteiger charge is -2.15. The van der Waals surface area contributed by atoms with Crippen LogP contribution >= 0.6 is 23.3 Å². The number of nitrogens with one attached hydrogen (secondary N) is 2. The summed E-state index contributed by atoms with van der Waals surface area (Å²) in [4.78, 5) is 27.9. The maximum absolute atomic E-state index is 10.5. The molecule has 0 bridgehead atoms. The molecule has 2 N–H and O–H groups in total. The summed E-state index contributed by atoms with van der Waals surface area (Å²) in [5.41, 5.74) is 2.79. The van der Waals surface area contributed by atoms with Gasteiger partial charge in [0, 0.05) is 30.4 Å². The Morgan fingerprint density at radius 2 is 2.15 bits per heavy atom. The Balaban J connectivity index is 0.000000186. The molecule has 1 unspecified atom stereocenters. The fraction of sp³-hybridized carbons (Fsp3) is 0.409. The van der Waals surface area contributed by atoms with Crippen LogP contribution in [-0.2, 0) is 4.74 Å². The molecule has 1 atom stereocenters. The van der Waals surface area contributed by atoms with Gasteiger partial charge in [0.2, 0.25) is 5.88 Å². The molecule has 1 aliphatic rings. The van der Waals surface area contributed by atoms with E-state index in [-0.39, 0.29) is 6.04 Å². The van der Waals surface area contributed by atoms with E-state index in [4.69, 9.17) is 9.47 Å². The number of hydrogen-bond donors (Lipinski definition) is 2. The molecule has 0 aromatic carbocycles. The molecule has 3 aromatic heterocycles. The van der Waals surface area contributed by atoms with Crippen LogP contribution in [0, 0.1) is 0 Å². The lowest BCUT2D eigenvalue weighted by molar-refractivity contribution is 0.112. The number of hydrogen-bond acceptors (Lipinski definition) is 11. The highest BCUT2D eigenvalue weighted by Crippen LogP contribution is 2.34. The van der Waals surface area contributed by atoms with Gasteiger partial charge in [-0.3, -0.25) is 14.8 Å². The average Bonchev–Trinajstić information content (AvgIpc) is 3.56. The van der Waals surface area contributed by atoms with Gasteiger partial charge in [-0.15, -0.1) is 11.3 Å². The Morgan fingerprint density at radius 1 is 1.30 bits per heavy atom. The van der Waals surface area contributed by atoms with Gasteiger partial charge >= 0.3 is 0 Å². The molecule has 9 nitrogen and oxygen atoms in total. The van der Waals surface area contributed by atoms with E-state index in [2.05, 4.69) is 36.0 Å². The van der Waals surface area contributed by atoms with E-state index in [1.165, 1.54) is 24.2 Å². The standard InChI is InChI=1S/C12H19N3OS.C10H9N3O2S/c1-13-12(8-16-2)11-7-9(5-6-14-11)15-17-10-3-4-10;1-2-15-9-5-11-3-7(13-9)8-4-12-10(6-14)16-8/h5-7,10,12-13H,3-4,8H2,1-2H3,(H,14,15);3-6H,2H2,1H3. The number of anilines is 1. The molecule has 1 saturated carbocycles. The van der Waals surface area contributed by atoms with Crippen molar-refractivity contribution >= 4 is 35.3 Å². The van der Waals surface area contributed by atoms with Crippen LogP contribution in [-0.4, -0.2) is 58.8 Å². The van der Waals surface area contributed by atoms with Crippen molar-refractivity contribution in [1.82, 2.24) is 25.3 Å². The number of aromatic nitrogens is 4. The fourth-order valence-electron chi connectivity index (χ4n) is 2.67. The molecule has 0 radical (unpaired) electrons. The monoisotopic (exact) mass is 488 g/mol. The maximum Gasteiger partial charge on any atom is 0.232 e. The summed E-state index contributed by atoms with van der Waals surface area (Å²) in [5, 5.41) is 4.43. The van der Waals surface area contributed by atoms with E-state index in [1.54, 1.807) is 25.7 Å². The van der Waals surface area contributed by atoms with E-state index in [9.17, 15) is 4.79 Å². The molecule has 0 amide bonds. The quantitative estimate of drug-likeness (QED) is 0.303. The number of carbonyl (C=O) groups is 1. The molecule has 1 aliphatic carbocycles. The second kappa shape index (κ2) is 13.2. The SMILES string of the molecule is CCOc1cncc(-c2cnc(C=O)s2)n1.CNC(COC)c1cc(NSC2CC2)ccn1. The number of ether oxygens (including phenoxy) is 2. The summed E-state index contributed by atoms with van der Waals surface area (Å²) in [6.45, 7) is 3.05. The van der Waals surface area contributed by atoms with E-state index < -0.39 is 0 Å². The number of likely N-dealkylation sites (N-methyl/N-ethyl adjacent to an activating group) is 1. The van der Waals surface area contributed by atoms with Gasteiger partial charge in [0.1, 0.15) is 5.69 Å². The highest BCUT2D eigenvalue weighted by atomic mass is 32.2. The Labute approximate surface area is 201 Å². The van der Waals surface area contributed by atoms with E-state index >= 15 is 0 Å². The van der Waals surface area contributed by atoms with Gasteiger partial charge in [0.15, 0.2) is 11.3 Å². The minimum Gasteiger partial charge on any atom is -0.477 e. The van der Waals surface area contributed by atoms with Crippen molar-refractivity contribution in [3.63, 3.8) is 0 Å². The molecule has 0 aliphatic heterocycles. The Morgan fingerprint density at radius 3 is 2.82 bits per heavy atom. The number of carbonyl (C=O) groups excluding carboxylic acids is 1. The molecule has 4 rings (SSSR count). The predicted octanol–water partition coefficient (Wildman–Crippen LogP) is 4.02. The van der Waals surface area contributed by atoms with Crippen molar-refractivity contribution in [1.29, 1.82) is 0 Å². The minimum atomic E-state index is 0.146. The zero-order chi connectivity index (χ0) is 23.5. The lowest BCUT2D eigenvalue weighted by atomic mass is 10.2. The smallest absolute Gasteiger partial charge is 0.232 e. The molecule has 11 heteroatoms. The van der Waals surface area contributed by atoms with E-state index in [0.717, 1.165) is 21.5 Å². The van der Waals surface area contributed by atoms with E-state index in [0.29, 0.717) is 36.1 Å². The molecule has 1 fully saturated rings. The van der Waals surface area contributed by atoms with Crippen molar-refractivity contribution in [3.8, 4) is 16.5 Å². The molecule has 33 heavy (non-hydrogen) atoms. The molecule has 3 aromatic rings. The van der Waals surface area contributed by atoms with Gasteiger partial charge in [-0.25, -0.2) is 9.97 Å². The third-order valence-corrected chi connectivity index (χ3v) is 6.57. The number of rotatable bonds is 11. The van der Waals surface area contributed by atoms with Gasteiger partial charge in [-0.1, -0.05) is 0 Å². The van der Waals surface area contributed by atoms with Crippen molar-refractivity contribution in [2.45, 2.75) is 31.1 Å². The first-order chi connectivity index (χ1) is 16.2. The van der Waals surface area contributed by atoms with Gasteiger partial charge in [-0.05, 0) is 50.9 Å². The number of aldehydes is 1. The first-order valence-corrected chi connectivity index (χ1v) is 12.3. The van der Waals surface area contributed by atoms with Crippen LogP contribution in [0.25, 0.3) is 10.6 Å². The van der Waals surface area contributed by atoms with Crippen LogP contribution in [0.4, 0.5) is 5.69 Å².